The summed E-state index contributed by atoms with van der Waals surface area (Å²) >= 11 is 0. The van der Waals surface area contributed by atoms with E-state index in [4.69, 9.17) is 0 Å². The van der Waals surface area contributed by atoms with Crippen LogP contribution in [0.4, 0.5) is 14.5 Å². The average Bonchev–Trinajstić information content (AvgIpc) is 2.41. The Morgan fingerprint density at radius 2 is 1.70 bits per heavy atom. The maximum atomic E-state index is 13.3. The summed E-state index contributed by atoms with van der Waals surface area (Å²) in [6.45, 7) is 1.71. The summed E-state index contributed by atoms with van der Waals surface area (Å²) in [5, 5.41) is 12.1. The fourth-order valence-electron chi connectivity index (χ4n) is 1.91. The number of carboxylic acid groups (broad SMARTS) is 1. The molecule has 104 valence electrons. The highest BCUT2D eigenvalue weighted by Crippen LogP contribution is 2.24. The van der Waals surface area contributed by atoms with Crippen LogP contribution in [-0.4, -0.2) is 11.1 Å². The largest absolute Gasteiger partial charge is 0.479 e. The van der Waals surface area contributed by atoms with Gasteiger partial charge in [0.2, 0.25) is 0 Å². The maximum Gasteiger partial charge on any atom is 0.330 e. The second-order valence-electron chi connectivity index (χ2n) is 4.42. The Kier molecular flexibility index (Phi) is 3.98. The van der Waals surface area contributed by atoms with Crippen LogP contribution >= 0.6 is 0 Å². The zero-order chi connectivity index (χ0) is 14.7. The number of rotatable bonds is 4. The molecule has 0 aromatic heterocycles. The first-order valence-corrected chi connectivity index (χ1v) is 5.98. The van der Waals surface area contributed by atoms with Gasteiger partial charge in [-0.3, -0.25) is 0 Å². The summed E-state index contributed by atoms with van der Waals surface area (Å²) in [5.74, 6) is -2.05. The van der Waals surface area contributed by atoms with Gasteiger partial charge in [0.25, 0.3) is 0 Å². The number of nitrogens with one attached hydrogen (secondary N) is 1. The number of carbonyl (C=O) groups is 1. The van der Waals surface area contributed by atoms with E-state index in [-0.39, 0.29) is 0 Å². The highest BCUT2D eigenvalue weighted by molar-refractivity contribution is 5.79. The first-order chi connectivity index (χ1) is 9.47. The van der Waals surface area contributed by atoms with Crippen molar-refractivity contribution in [1.29, 1.82) is 0 Å². The second kappa shape index (κ2) is 5.69. The topological polar surface area (TPSA) is 49.3 Å². The summed E-state index contributed by atoms with van der Waals surface area (Å²) in [6, 6.07) is 8.18. The molecule has 5 heteroatoms. The van der Waals surface area contributed by atoms with Gasteiger partial charge >= 0.3 is 5.97 Å². The van der Waals surface area contributed by atoms with Crippen LogP contribution in [0.3, 0.4) is 0 Å². The molecule has 2 N–H and O–H groups in total. The molecule has 0 saturated carbocycles. The minimum Gasteiger partial charge on any atom is -0.479 e. The predicted octanol–water partition coefficient (Wildman–Crippen LogP) is 3.51. The average molecular weight is 277 g/mol. The lowest BCUT2D eigenvalue weighted by atomic mass is 10.0. The van der Waals surface area contributed by atoms with Crippen molar-refractivity contribution in [2.24, 2.45) is 0 Å². The van der Waals surface area contributed by atoms with Gasteiger partial charge in [-0.15, -0.1) is 0 Å². The van der Waals surface area contributed by atoms with Crippen molar-refractivity contribution in [1.82, 2.24) is 0 Å². The summed E-state index contributed by atoms with van der Waals surface area (Å²) in [6.07, 6.45) is 0. The van der Waals surface area contributed by atoms with Gasteiger partial charge in [0.1, 0.15) is 11.6 Å². The molecule has 0 saturated heterocycles. The fourth-order valence-corrected chi connectivity index (χ4v) is 1.91. The lowest BCUT2D eigenvalue weighted by Gasteiger charge is -2.18. The highest BCUT2D eigenvalue weighted by Gasteiger charge is 2.22. The van der Waals surface area contributed by atoms with Crippen molar-refractivity contribution >= 4 is 11.7 Å². The van der Waals surface area contributed by atoms with Crippen LogP contribution in [0.2, 0.25) is 0 Å². The van der Waals surface area contributed by atoms with Crippen LogP contribution < -0.4 is 5.32 Å². The van der Waals surface area contributed by atoms with Crippen molar-refractivity contribution in [2.75, 3.05) is 5.32 Å². The normalized spacial score (nSPS) is 11.9. The van der Waals surface area contributed by atoms with Crippen LogP contribution in [0.5, 0.6) is 0 Å². The molecule has 0 spiro atoms. The molecule has 2 aromatic carbocycles. The van der Waals surface area contributed by atoms with Gasteiger partial charge in [0.15, 0.2) is 6.04 Å². The lowest BCUT2D eigenvalue weighted by Crippen LogP contribution is -2.21. The number of anilines is 1. The predicted molar refractivity (Wildman–Crippen MR) is 71.5 cm³/mol. The van der Waals surface area contributed by atoms with E-state index in [1.165, 1.54) is 42.5 Å². The van der Waals surface area contributed by atoms with Gasteiger partial charge in [0.05, 0.1) is 0 Å². The van der Waals surface area contributed by atoms with E-state index in [0.29, 0.717) is 16.8 Å². The quantitative estimate of drug-likeness (QED) is 0.899. The molecule has 1 atom stereocenters. The first-order valence-electron chi connectivity index (χ1n) is 5.98. The molecule has 2 aromatic rings. The molecule has 0 aliphatic rings. The zero-order valence-electron chi connectivity index (χ0n) is 10.7. The third-order valence-corrected chi connectivity index (χ3v) is 2.95. The monoisotopic (exact) mass is 277 g/mol. The Morgan fingerprint density at radius 3 is 2.30 bits per heavy atom. The minimum absolute atomic E-state index is 0.335. The number of halogens is 2. The molecule has 1 unspecified atom stereocenters. The number of aliphatic carboxylic acids is 1. The fraction of sp³-hybridized carbons (Fsp3) is 0.133. The Morgan fingerprint density at radius 1 is 1.10 bits per heavy atom. The molecule has 0 aliphatic carbocycles. The molecular formula is C15H13F2NO2. The van der Waals surface area contributed by atoms with E-state index in [9.17, 15) is 18.7 Å². The van der Waals surface area contributed by atoms with E-state index < -0.39 is 23.6 Å². The Bertz CT molecular complexity index is 626. The van der Waals surface area contributed by atoms with Crippen LogP contribution in [0, 0.1) is 18.6 Å². The Labute approximate surface area is 114 Å². The van der Waals surface area contributed by atoms with Gasteiger partial charge in [-0.25, -0.2) is 13.6 Å². The van der Waals surface area contributed by atoms with Crippen molar-refractivity contribution in [2.45, 2.75) is 13.0 Å². The van der Waals surface area contributed by atoms with Crippen molar-refractivity contribution < 1.29 is 18.7 Å². The molecule has 0 radical (unpaired) electrons. The molecule has 3 nitrogen and oxygen atoms in total. The Balaban J connectivity index is 2.34. The van der Waals surface area contributed by atoms with Crippen LogP contribution in [0.25, 0.3) is 0 Å². The third kappa shape index (κ3) is 3.12. The smallest absolute Gasteiger partial charge is 0.330 e. The highest BCUT2D eigenvalue weighted by atomic mass is 19.1. The molecule has 2 rings (SSSR count). The minimum atomic E-state index is -1.14. The van der Waals surface area contributed by atoms with Crippen molar-refractivity contribution in [3.05, 3.63) is 65.2 Å². The summed E-state index contributed by atoms with van der Waals surface area (Å²) in [4.78, 5) is 11.4. The lowest BCUT2D eigenvalue weighted by molar-refractivity contribution is -0.138. The number of carboxylic acids is 1. The summed E-state index contributed by atoms with van der Waals surface area (Å²) in [7, 11) is 0. The third-order valence-electron chi connectivity index (χ3n) is 2.95. The molecule has 0 amide bonds. The van der Waals surface area contributed by atoms with Crippen molar-refractivity contribution in [3.8, 4) is 0 Å². The van der Waals surface area contributed by atoms with E-state index in [2.05, 4.69) is 5.32 Å². The molecule has 0 heterocycles. The number of benzene rings is 2. The number of aryl methyl sites for hydroxylation is 1. The molecule has 0 bridgehead atoms. The van der Waals surface area contributed by atoms with Gasteiger partial charge in [-0.2, -0.15) is 0 Å². The standard InChI is InChI=1S/C15H13F2NO2/c1-9-2-3-11(17)8-13(9)14(15(19)20)18-12-6-4-10(16)5-7-12/h2-8,14,18H,1H3,(H,19,20). The Hall–Kier alpha value is -2.43. The molecule has 20 heavy (non-hydrogen) atoms. The summed E-state index contributed by atoms with van der Waals surface area (Å²) < 4.78 is 26.1. The van der Waals surface area contributed by atoms with Crippen LogP contribution in [-0.2, 0) is 4.79 Å². The van der Waals surface area contributed by atoms with Gasteiger partial charge in [-0.05, 0) is 54.4 Å². The van der Waals surface area contributed by atoms with Crippen molar-refractivity contribution in [3.63, 3.8) is 0 Å². The summed E-state index contributed by atoms with van der Waals surface area (Å²) in [5.41, 5.74) is 1.44. The van der Waals surface area contributed by atoms with Gasteiger partial charge in [0, 0.05) is 5.69 Å². The van der Waals surface area contributed by atoms with E-state index in [0.717, 1.165) is 0 Å². The van der Waals surface area contributed by atoms with Crippen LogP contribution in [0.1, 0.15) is 17.2 Å². The first kappa shape index (κ1) is 14.0. The molecule has 0 fully saturated rings. The SMILES string of the molecule is Cc1ccc(F)cc1C(Nc1ccc(F)cc1)C(=O)O. The van der Waals surface area contributed by atoms with E-state index in [1.54, 1.807) is 6.92 Å². The second-order valence-corrected chi connectivity index (χ2v) is 4.42. The number of hydrogen-bond donors (Lipinski definition) is 2. The number of hydrogen-bond acceptors (Lipinski definition) is 2. The molecular weight excluding hydrogens is 264 g/mol. The van der Waals surface area contributed by atoms with E-state index >= 15 is 0 Å². The van der Waals surface area contributed by atoms with Gasteiger partial charge in [-0.1, -0.05) is 6.07 Å². The maximum absolute atomic E-state index is 13.3. The van der Waals surface area contributed by atoms with Crippen LogP contribution in [0.15, 0.2) is 42.5 Å². The zero-order valence-corrected chi connectivity index (χ0v) is 10.7. The van der Waals surface area contributed by atoms with Gasteiger partial charge < -0.3 is 10.4 Å². The van der Waals surface area contributed by atoms with E-state index in [1.807, 2.05) is 0 Å². The molecule has 0 aliphatic heterocycles.